The zero-order valence-electron chi connectivity index (χ0n) is 11.0. The van der Waals surface area contributed by atoms with E-state index >= 15 is 0 Å². The molecule has 1 aliphatic heterocycles. The van der Waals surface area contributed by atoms with Gasteiger partial charge in [0.25, 0.3) is 11.7 Å². The molecule has 102 valence electrons. The first kappa shape index (κ1) is 13.7. The number of methoxy groups -OCH3 is 1. The molecule has 2 rings (SSSR count). The summed E-state index contributed by atoms with van der Waals surface area (Å²) >= 11 is 0. The first-order chi connectivity index (χ1) is 9.06. The molecule has 1 aromatic rings. The third kappa shape index (κ3) is 2.51. The molecule has 0 N–H and O–H groups in total. The number of Topliss-reactive ketones (excluding diaryl/α,β-unsaturated/α-hetero) is 1. The smallest absolute Gasteiger partial charge is 0.299 e. The Labute approximate surface area is 111 Å². The Morgan fingerprint density at radius 1 is 1.26 bits per heavy atom. The highest BCUT2D eigenvalue weighted by Gasteiger charge is 2.36. The van der Waals surface area contributed by atoms with E-state index in [1.807, 2.05) is 0 Å². The second-order valence-corrected chi connectivity index (χ2v) is 4.60. The van der Waals surface area contributed by atoms with Crippen LogP contribution in [0.4, 0.5) is 10.1 Å². The highest BCUT2D eigenvalue weighted by molar-refractivity contribution is 6.52. The van der Waals surface area contributed by atoms with E-state index in [0.717, 1.165) is 18.9 Å². The number of anilines is 1. The largest absolute Gasteiger partial charge is 0.385 e. The standard InChI is InChI=1S/C14H16FNO3/c1-9-7-10(15)8-11-12(9)16(14(18)13(11)17)5-3-4-6-19-2/h7-8H,3-6H2,1-2H3. The predicted octanol–water partition coefficient (Wildman–Crippen LogP) is 2.09. The maximum Gasteiger partial charge on any atom is 0.299 e. The number of ether oxygens (including phenoxy) is 1. The summed E-state index contributed by atoms with van der Waals surface area (Å²) in [5.74, 6) is -1.68. The number of hydrogen-bond acceptors (Lipinski definition) is 3. The molecule has 0 fully saturated rings. The first-order valence-electron chi connectivity index (χ1n) is 6.21. The molecule has 1 aliphatic rings. The van der Waals surface area contributed by atoms with Crippen LogP contribution in [0.25, 0.3) is 0 Å². The molecule has 0 aliphatic carbocycles. The van der Waals surface area contributed by atoms with E-state index in [2.05, 4.69) is 0 Å². The molecule has 0 atom stereocenters. The van der Waals surface area contributed by atoms with Crippen molar-refractivity contribution in [2.45, 2.75) is 19.8 Å². The normalized spacial score (nSPS) is 14.2. The molecule has 4 nitrogen and oxygen atoms in total. The van der Waals surface area contributed by atoms with Crippen molar-refractivity contribution in [1.82, 2.24) is 0 Å². The molecule has 1 heterocycles. The average molecular weight is 265 g/mol. The fourth-order valence-corrected chi connectivity index (χ4v) is 2.34. The Kier molecular flexibility index (Phi) is 3.95. The molecule has 0 spiro atoms. The number of rotatable bonds is 5. The molecule has 0 saturated carbocycles. The van der Waals surface area contributed by atoms with E-state index in [9.17, 15) is 14.0 Å². The van der Waals surface area contributed by atoms with Crippen molar-refractivity contribution in [3.63, 3.8) is 0 Å². The number of nitrogens with zero attached hydrogens (tertiary/aromatic N) is 1. The zero-order chi connectivity index (χ0) is 14.0. The third-order valence-corrected chi connectivity index (χ3v) is 3.20. The summed E-state index contributed by atoms with van der Waals surface area (Å²) in [4.78, 5) is 25.2. The van der Waals surface area contributed by atoms with Crippen molar-refractivity contribution in [2.75, 3.05) is 25.2 Å². The maximum absolute atomic E-state index is 13.3. The number of fused-ring (bicyclic) bond motifs is 1. The van der Waals surface area contributed by atoms with E-state index in [1.165, 1.54) is 11.0 Å². The molecule has 1 aromatic carbocycles. The summed E-state index contributed by atoms with van der Waals surface area (Å²) < 4.78 is 18.2. The molecule has 0 unspecified atom stereocenters. The number of aryl methyl sites for hydroxylation is 1. The Balaban J connectivity index is 2.23. The third-order valence-electron chi connectivity index (χ3n) is 3.20. The maximum atomic E-state index is 13.3. The number of carbonyl (C=O) groups is 2. The van der Waals surface area contributed by atoms with Crippen LogP contribution in [0.5, 0.6) is 0 Å². The van der Waals surface area contributed by atoms with Crippen LogP contribution in [0.2, 0.25) is 0 Å². The summed E-state index contributed by atoms with van der Waals surface area (Å²) in [7, 11) is 1.62. The molecule has 0 radical (unpaired) electrons. The van der Waals surface area contributed by atoms with Gasteiger partial charge in [0.2, 0.25) is 0 Å². The summed E-state index contributed by atoms with van der Waals surface area (Å²) in [6.45, 7) is 2.77. The van der Waals surface area contributed by atoms with Crippen LogP contribution in [0, 0.1) is 12.7 Å². The van der Waals surface area contributed by atoms with Crippen LogP contribution in [0.3, 0.4) is 0 Å². The quantitative estimate of drug-likeness (QED) is 0.605. The number of amides is 1. The topological polar surface area (TPSA) is 46.6 Å². The molecule has 1 amide bonds. The minimum Gasteiger partial charge on any atom is -0.385 e. The summed E-state index contributed by atoms with van der Waals surface area (Å²) in [5.41, 5.74) is 1.34. The van der Waals surface area contributed by atoms with Gasteiger partial charge in [0.15, 0.2) is 0 Å². The molecule has 0 bridgehead atoms. The number of halogens is 1. The van der Waals surface area contributed by atoms with E-state index in [-0.39, 0.29) is 5.56 Å². The van der Waals surface area contributed by atoms with Crippen LogP contribution >= 0.6 is 0 Å². The van der Waals surface area contributed by atoms with Gasteiger partial charge in [0.1, 0.15) is 5.82 Å². The van der Waals surface area contributed by atoms with Crippen molar-refractivity contribution >= 4 is 17.4 Å². The summed E-state index contributed by atoms with van der Waals surface area (Å²) in [6.07, 6.45) is 1.55. The molecule has 0 saturated heterocycles. The Bertz CT molecular complexity index is 528. The molecular weight excluding hydrogens is 249 g/mol. The van der Waals surface area contributed by atoms with Crippen LogP contribution in [-0.2, 0) is 9.53 Å². The van der Waals surface area contributed by atoms with Crippen molar-refractivity contribution < 1.29 is 18.7 Å². The fourth-order valence-electron chi connectivity index (χ4n) is 2.34. The van der Waals surface area contributed by atoms with Gasteiger partial charge in [-0.3, -0.25) is 9.59 Å². The van der Waals surface area contributed by atoms with Crippen LogP contribution in [-0.4, -0.2) is 32.0 Å². The van der Waals surface area contributed by atoms with Gasteiger partial charge in [-0.1, -0.05) is 0 Å². The van der Waals surface area contributed by atoms with Gasteiger partial charge in [0.05, 0.1) is 11.3 Å². The number of carbonyl (C=O) groups excluding carboxylic acids is 2. The zero-order valence-corrected chi connectivity index (χ0v) is 11.0. The lowest BCUT2D eigenvalue weighted by Gasteiger charge is -2.18. The minimum absolute atomic E-state index is 0.175. The van der Waals surface area contributed by atoms with Gasteiger partial charge in [-0.2, -0.15) is 0 Å². The average Bonchev–Trinajstić information content (AvgIpc) is 2.60. The van der Waals surface area contributed by atoms with Crippen molar-refractivity contribution in [2.24, 2.45) is 0 Å². The van der Waals surface area contributed by atoms with Crippen molar-refractivity contribution in [3.8, 4) is 0 Å². The van der Waals surface area contributed by atoms with Gasteiger partial charge in [-0.05, 0) is 37.5 Å². The molecular formula is C14H16FNO3. The van der Waals surface area contributed by atoms with E-state index in [1.54, 1.807) is 14.0 Å². The van der Waals surface area contributed by atoms with Gasteiger partial charge >= 0.3 is 0 Å². The van der Waals surface area contributed by atoms with Crippen LogP contribution in [0.15, 0.2) is 12.1 Å². The highest BCUT2D eigenvalue weighted by atomic mass is 19.1. The fraction of sp³-hybridized carbons (Fsp3) is 0.429. The predicted molar refractivity (Wildman–Crippen MR) is 68.9 cm³/mol. The second kappa shape index (κ2) is 5.48. The number of ketones is 1. The lowest BCUT2D eigenvalue weighted by molar-refractivity contribution is -0.114. The Morgan fingerprint density at radius 2 is 2.00 bits per heavy atom. The number of unbranched alkanes of at least 4 members (excludes halogenated alkanes) is 1. The SMILES string of the molecule is COCCCCN1C(=O)C(=O)c2cc(F)cc(C)c21. The molecule has 0 aromatic heterocycles. The monoisotopic (exact) mass is 265 g/mol. The van der Waals surface area contributed by atoms with Gasteiger partial charge < -0.3 is 9.64 Å². The highest BCUT2D eigenvalue weighted by Crippen LogP contribution is 2.33. The summed E-state index contributed by atoms with van der Waals surface area (Å²) in [6, 6.07) is 2.48. The van der Waals surface area contributed by atoms with E-state index in [0.29, 0.717) is 24.4 Å². The van der Waals surface area contributed by atoms with Gasteiger partial charge in [0, 0.05) is 20.3 Å². The number of benzene rings is 1. The van der Waals surface area contributed by atoms with Gasteiger partial charge in [-0.25, -0.2) is 4.39 Å². The molecule has 19 heavy (non-hydrogen) atoms. The van der Waals surface area contributed by atoms with Crippen LogP contribution < -0.4 is 4.90 Å². The number of hydrogen-bond donors (Lipinski definition) is 0. The lowest BCUT2D eigenvalue weighted by atomic mass is 10.1. The lowest BCUT2D eigenvalue weighted by Crippen LogP contribution is -2.31. The van der Waals surface area contributed by atoms with E-state index < -0.39 is 17.5 Å². The summed E-state index contributed by atoms with van der Waals surface area (Å²) in [5, 5.41) is 0. The first-order valence-corrected chi connectivity index (χ1v) is 6.21. The van der Waals surface area contributed by atoms with E-state index in [4.69, 9.17) is 4.74 Å². The van der Waals surface area contributed by atoms with Crippen molar-refractivity contribution in [3.05, 3.63) is 29.1 Å². The Morgan fingerprint density at radius 3 is 2.68 bits per heavy atom. The van der Waals surface area contributed by atoms with Crippen LogP contribution in [0.1, 0.15) is 28.8 Å². The minimum atomic E-state index is -0.621. The van der Waals surface area contributed by atoms with Gasteiger partial charge in [-0.15, -0.1) is 0 Å². The Hall–Kier alpha value is -1.75. The molecule has 5 heteroatoms. The van der Waals surface area contributed by atoms with Crippen molar-refractivity contribution in [1.29, 1.82) is 0 Å². The second-order valence-electron chi connectivity index (χ2n) is 4.60.